The zero-order valence-corrected chi connectivity index (χ0v) is 7.50. The van der Waals surface area contributed by atoms with E-state index in [1.807, 2.05) is 0 Å². The van der Waals surface area contributed by atoms with Crippen molar-refractivity contribution in [2.24, 2.45) is 0 Å². The number of hydrogen-bond acceptors (Lipinski definition) is 2. The second kappa shape index (κ2) is 3.28. The van der Waals surface area contributed by atoms with Crippen molar-refractivity contribution < 1.29 is 13.0 Å². The monoisotopic (exact) mass is 189 g/mol. The average molecular weight is 189 g/mol. The molecule has 1 rings (SSSR count). The molecule has 0 saturated heterocycles. The van der Waals surface area contributed by atoms with Gasteiger partial charge in [-0.1, -0.05) is 6.92 Å². The van der Waals surface area contributed by atoms with Gasteiger partial charge < -0.3 is 4.98 Å². The van der Waals surface area contributed by atoms with Crippen molar-refractivity contribution in [2.45, 2.75) is 18.6 Å². The van der Waals surface area contributed by atoms with Crippen molar-refractivity contribution in [2.75, 3.05) is 0 Å². The molecule has 0 fully saturated rings. The lowest BCUT2D eigenvalue weighted by Crippen LogP contribution is -2.10. The molecule has 5 heteroatoms. The van der Waals surface area contributed by atoms with E-state index in [1.54, 1.807) is 25.4 Å². The third-order valence-corrected chi connectivity index (χ3v) is 3.05. The van der Waals surface area contributed by atoms with Gasteiger partial charge in [0.1, 0.15) is 5.25 Å². The van der Waals surface area contributed by atoms with E-state index < -0.39 is 15.4 Å². The van der Waals surface area contributed by atoms with Crippen molar-refractivity contribution in [1.29, 1.82) is 0 Å². The number of aromatic nitrogens is 1. The lowest BCUT2D eigenvalue weighted by atomic mass is 10.2. The van der Waals surface area contributed by atoms with Crippen molar-refractivity contribution in [1.82, 2.24) is 4.98 Å². The van der Waals surface area contributed by atoms with E-state index in [0.717, 1.165) is 0 Å². The summed E-state index contributed by atoms with van der Waals surface area (Å²) in [6.45, 7) is 1.71. The Morgan fingerprint density at radius 2 is 2.33 bits per heavy atom. The zero-order chi connectivity index (χ0) is 9.19. The smallest absolute Gasteiger partial charge is 0.272 e. The maximum Gasteiger partial charge on any atom is 0.272 e. The summed E-state index contributed by atoms with van der Waals surface area (Å²) in [5, 5.41) is -0.802. The van der Waals surface area contributed by atoms with E-state index in [-0.39, 0.29) is 0 Å². The van der Waals surface area contributed by atoms with Gasteiger partial charge in [0.2, 0.25) is 0 Å². The fourth-order valence-electron chi connectivity index (χ4n) is 1.16. The summed E-state index contributed by atoms with van der Waals surface area (Å²) in [4.78, 5) is 2.74. The number of hydrogen-bond donors (Lipinski definition) is 2. The van der Waals surface area contributed by atoms with Crippen molar-refractivity contribution >= 4 is 10.1 Å². The van der Waals surface area contributed by atoms with Crippen LogP contribution in [-0.2, 0) is 10.1 Å². The first kappa shape index (κ1) is 9.28. The highest BCUT2D eigenvalue weighted by molar-refractivity contribution is 7.86. The van der Waals surface area contributed by atoms with Crippen LogP contribution < -0.4 is 0 Å². The van der Waals surface area contributed by atoms with E-state index >= 15 is 0 Å². The molecule has 0 aliphatic rings. The van der Waals surface area contributed by atoms with Gasteiger partial charge >= 0.3 is 0 Å². The second-order valence-corrected chi connectivity index (χ2v) is 4.16. The molecule has 0 bridgehead atoms. The summed E-state index contributed by atoms with van der Waals surface area (Å²) in [5.74, 6) is 0. The molecule has 0 aliphatic heterocycles. The topological polar surface area (TPSA) is 70.2 Å². The Bertz CT molecular complexity index is 328. The van der Waals surface area contributed by atoms with Crippen LogP contribution >= 0.6 is 0 Å². The molecule has 12 heavy (non-hydrogen) atoms. The standard InChI is InChI=1S/C7H11NO3S/c1-2-7(12(9,10)11)6-3-4-8-5-6/h3-5,7-8H,2H2,1H3,(H,9,10,11). The number of nitrogens with one attached hydrogen (secondary N) is 1. The maximum absolute atomic E-state index is 10.8. The van der Waals surface area contributed by atoms with Crippen molar-refractivity contribution in [3.05, 3.63) is 24.0 Å². The van der Waals surface area contributed by atoms with Gasteiger partial charge in [0, 0.05) is 12.4 Å². The van der Waals surface area contributed by atoms with Crippen LogP contribution in [0.1, 0.15) is 24.2 Å². The molecule has 0 aromatic carbocycles. The van der Waals surface area contributed by atoms with Crippen LogP contribution in [0.15, 0.2) is 18.5 Å². The molecule has 1 aromatic heterocycles. The molecule has 0 saturated carbocycles. The van der Waals surface area contributed by atoms with Crippen LogP contribution in [0.4, 0.5) is 0 Å². The Hall–Kier alpha value is -0.810. The van der Waals surface area contributed by atoms with Gasteiger partial charge in [-0.15, -0.1) is 0 Å². The minimum Gasteiger partial charge on any atom is -0.367 e. The molecule has 0 radical (unpaired) electrons. The molecule has 1 atom stereocenters. The maximum atomic E-state index is 10.8. The minimum absolute atomic E-state index is 0.372. The molecule has 2 N–H and O–H groups in total. The average Bonchev–Trinajstić information content (AvgIpc) is 2.38. The lowest BCUT2D eigenvalue weighted by Gasteiger charge is -2.08. The first-order valence-electron chi connectivity index (χ1n) is 3.64. The van der Waals surface area contributed by atoms with Crippen LogP contribution in [0.2, 0.25) is 0 Å². The molecule has 0 spiro atoms. The van der Waals surface area contributed by atoms with Crippen LogP contribution in [0.3, 0.4) is 0 Å². The highest BCUT2D eigenvalue weighted by atomic mass is 32.2. The SMILES string of the molecule is CCC(c1cc[nH]c1)S(=O)(=O)O. The van der Waals surface area contributed by atoms with Gasteiger partial charge in [0.15, 0.2) is 0 Å². The van der Waals surface area contributed by atoms with E-state index in [9.17, 15) is 8.42 Å². The van der Waals surface area contributed by atoms with Crippen LogP contribution in [-0.4, -0.2) is 18.0 Å². The van der Waals surface area contributed by atoms with E-state index in [4.69, 9.17) is 4.55 Å². The van der Waals surface area contributed by atoms with E-state index in [0.29, 0.717) is 12.0 Å². The first-order valence-corrected chi connectivity index (χ1v) is 5.15. The largest absolute Gasteiger partial charge is 0.367 e. The van der Waals surface area contributed by atoms with Crippen molar-refractivity contribution in [3.63, 3.8) is 0 Å². The van der Waals surface area contributed by atoms with Gasteiger partial charge in [-0.05, 0) is 18.1 Å². The molecule has 0 aliphatic carbocycles. The molecule has 0 amide bonds. The molecular weight excluding hydrogens is 178 g/mol. The molecule has 68 valence electrons. The van der Waals surface area contributed by atoms with Crippen LogP contribution in [0.25, 0.3) is 0 Å². The van der Waals surface area contributed by atoms with E-state index in [2.05, 4.69) is 4.98 Å². The Labute approximate surface area is 71.4 Å². The van der Waals surface area contributed by atoms with Gasteiger partial charge in [0.25, 0.3) is 10.1 Å². The van der Waals surface area contributed by atoms with E-state index in [1.165, 1.54) is 0 Å². The Morgan fingerprint density at radius 1 is 1.67 bits per heavy atom. The van der Waals surface area contributed by atoms with Crippen LogP contribution in [0.5, 0.6) is 0 Å². The summed E-state index contributed by atoms with van der Waals surface area (Å²) < 4.78 is 30.4. The van der Waals surface area contributed by atoms with Crippen LogP contribution in [0, 0.1) is 0 Å². The second-order valence-electron chi connectivity index (χ2n) is 2.56. The molecule has 1 aromatic rings. The summed E-state index contributed by atoms with van der Waals surface area (Å²) in [7, 11) is -3.96. The van der Waals surface area contributed by atoms with Gasteiger partial charge in [-0.2, -0.15) is 8.42 Å². The highest BCUT2D eigenvalue weighted by Crippen LogP contribution is 2.23. The molecule has 4 nitrogen and oxygen atoms in total. The Morgan fingerprint density at radius 3 is 2.67 bits per heavy atom. The predicted molar refractivity (Wildman–Crippen MR) is 45.4 cm³/mol. The molecule has 1 heterocycles. The van der Waals surface area contributed by atoms with Gasteiger partial charge in [-0.25, -0.2) is 0 Å². The van der Waals surface area contributed by atoms with Gasteiger partial charge in [-0.3, -0.25) is 4.55 Å². The van der Waals surface area contributed by atoms with Gasteiger partial charge in [0.05, 0.1) is 0 Å². The minimum atomic E-state index is -3.96. The molecule has 1 unspecified atom stereocenters. The summed E-state index contributed by atoms with van der Waals surface area (Å²) >= 11 is 0. The predicted octanol–water partition coefficient (Wildman–Crippen LogP) is 1.35. The van der Waals surface area contributed by atoms with Crippen molar-refractivity contribution in [3.8, 4) is 0 Å². The normalized spacial score (nSPS) is 14.5. The summed E-state index contributed by atoms with van der Waals surface area (Å²) in [6, 6.07) is 1.64. The fourth-order valence-corrected chi connectivity index (χ4v) is 2.07. The first-order chi connectivity index (χ1) is 5.55. The number of rotatable bonds is 3. The third kappa shape index (κ3) is 1.86. The zero-order valence-electron chi connectivity index (χ0n) is 6.69. The highest BCUT2D eigenvalue weighted by Gasteiger charge is 2.22. The Kier molecular flexibility index (Phi) is 2.54. The number of aromatic amines is 1. The summed E-state index contributed by atoms with van der Waals surface area (Å²) in [5.41, 5.74) is 0.597. The lowest BCUT2D eigenvalue weighted by molar-refractivity contribution is 0.466. The number of H-pyrrole nitrogens is 1. The summed E-state index contributed by atoms with van der Waals surface area (Å²) in [6.07, 6.45) is 3.57. The Balaban J connectivity index is 3.00. The quantitative estimate of drug-likeness (QED) is 0.705. The third-order valence-electron chi connectivity index (χ3n) is 1.72. The molecular formula is C7H11NO3S. The fraction of sp³-hybridized carbons (Fsp3) is 0.429.